The fraction of sp³-hybridized carbons (Fsp3) is 0.143. The van der Waals surface area contributed by atoms with E-state index in [1.54, 1.807) is 21.7 Å². The van der Waals surface area contributed by atoms with E-state index >= 15 is 0 Å². The number of aryl methyl sites for hydroxylation is 2. The molecule has 7 heteroatoms. The lowest BCUT2D eigenvalue weighted by Crippen LogP contribution is -2.01. The van der Waals surface area contributed by atoms with Crippen LogP contribution in [0.2, 0.25) is 5.02 Å². The molecule has 0 aliphatic carbocycles. The Kier molecular flexibility index (Phi) is 2.49. The van der Waals surface area contributed by atoms with Crippen molar-refractivity contribution >= 4 is 28.3 Å². The summed E-state index contributed by atoms with van der Waals surface area (Å²) in [5, 5.41) is 10.2. The van der Waals surface area contributed by atoms with Crippen molar-refractivity contribution < 1.29 is 0 Å². The first-order valence-electron chi connectivity index (χ1n) is 6.46. The second-order valence-electron chi connectivity index (χ2n) is 4.90. The number of hydrogen-bond acceptors (Lipinski definition) is 4. The van der Waals surface area contributed by atoms with Crippen molar-refractivity contribution in [2.24, 2.45) is 0 Å². The Morgan fingerprint density at radius 1 is 1.14 bits per heavy atom. The standard InChI is InChI=1S/C14H11ClN6/c1-8-3-4-10(15)5-12(8)21-13-11(6-17-21)14-18-9(2)19-20(14)7-16-13/h3-7H,1-2H3. The third-order valence-electron chi connectivity index (χ3n) is 3.41. The molecule has 0 radical (unpaired) electrons. The fourth-order valence-electron chi connectivity index (χ4n) is 2.41. The highest BCUT2D eigenvalue weighted by molar-refractivity contribution is 6.30. The lowest BCUT2D eigenvalue weighted by atomic mass is 10.2. The van der Waals surface area contributed by atoms with Crippen LogP contribution in [0, 0.1) is 13.8 Å². The van der Waals surface area contributed by atoms with E-state index in [1.807, 2.05) is 32.0 Å². The highest BCUT2D eigenvalue weighted by Crippen LogP contribution is 2.24. The van der Waals surface area contributed by atoms with Crippen molar-refractivity contribution in [3.63, 3.8) is 0 Å². The van der Waals surface area contributed by atoms with Crippen LogP contribution in [0.3, 0.4) is 0 Å². The number of rotatable bonds is 1. The van der Waals surface area contributed by atoms with Crippen LogP contribution in [0.1, 0.15) is 11.4 Å². The predicted octanol–water partition coefficient (Wildman–Crippen LogP) is 2.73. The number of hydrogen-bond donors (Lipinski definition) is 0. The zero-order valence-electron chi connectivity index (χ0n) is 11.4. The highest BCUT2D eigenvalue weighted by atomic mass is 35.5. The van der Waals surface area contributed by atoms with Crippen LogP contribution in [0.5, 0.6) is 0 Å². The quantitative estimate of drug-likeness (QED) is 0.542. The van der Waals surface area contributed by atoms with E-state index < -0.39 is 0 Å². The van der Waals surface area contributed by atoms with Gasteiger partial charge in [0.2, 0.25) is 0 Å². The zero-order valence-corrected chi connectivity index (χ0v) is 12.2. The Hall–Kier alpha value is -2.47. The minimum Gasteiger partial charge on any atom is -0.216 e. The first-order chi connectivity index (χ1) is 10.1. The molecule has 0 N–H and O–H groups in total. The van der Waals surface area contributed by atoms with E-state index in [0.717, 1.165) is 27.9 Å². The van der Waals surface area contributed by atoms with Gasteiger partial charge in [0.05, 0.1) is 17.3 Å². The molecule has 4 rings (SSSR count). The van der Waals surface area contributed by atoms with Crippen molar-refractivity contribution in [2.75, 3.05) is 0 Å². The maximum Gasteiger partial charge on any atom is 0.170 e. The van der Waals surface area contributed by atoms with E-state index in [1.165, 1.54) is 0 Å². The van der Waals surface area contributed by atoms with Gasteiger partial charge in [0.1, 0.15) is 12.2 Å². The number of fused-ring (bicyclic) bond motifs is 3. The van der Waals surface area contributed by atoms with Gasteiger partial charge in [-0.25, -0.2) is 19.2 Å². The number of halogens is 1. The topological polar surface area (TPSA) is 60.9 Å². The molecule has 0 fully saturated rings. The van der Waals surface area contributed by atoms with Crippen molar-refractivity contribution in [1.82, 2.24) is 29.4 Å². The van der Waals surface area contributed by atoms with Crippen LogP contribution in [0.15, 0.2) is 30.7 Å². The van der Waals surface area contributed by atoms with Gasteiger partial charge in [-0.1, -0.05) is 17.7 Å². The molecular weight excluding hydrogens is 288 g/mol. The van der Waals surface area contributed by atoms with E-state index in [9.17, 15) is 0 Å². The SMILES string of the molecule is Cc1nc2c3cnn(-c4cc(Cl)ccc4C)c3ncn2n1. The van der Waals surface area contributed by atoms with Crippen LogP contribution < -0.4 is 0 Å². The van der Waals surface area contributed by atoms with Gasteiger partial charge in [0, 0.05) is 5.02 Å². The molecule has 1 aromatic carbocycles. The molecule has 0 atom stereocenters. The smallest absolute Gasteiger partial charge is 0.170 e. The highest BCUT2D eigenvalue weighted by Gasteiger charge is 2.13. The van der Waals surface area contributed by atoms with Gasteiger partial charge in [-0.2, -0.15) is 10.2 Å². The normalized spacial score (nSPS) is 11.6. The first-order valence-corrected chi connectivity index (χ1v) is 6.83. The van der Waals surface area contributed by atoms with Gasteiger partial charge in [0.15, 0.2) is 11.3 Å². The van der Waals surface area contributed by atoms with E-state index in [0.29, 0.717) is 10.8 Å². The molecule has 0 saturated carbocycles. The molecule has 0 bridgehead atoms. The largest absolute Gasteiger partial charge is 0.216 e. The van der Waals surface area contributed by atoms with Crippen molar-refractivity contribution in [3.05, 3.63) is 47.1 Å². The Morgan fingerprint density at radius 3 is 2.86 bits per heavy atom. The Bertz CT molecular complexity index is 984. The summed E-state index contributed by atoms with van der Waals surface area (Å²) >= 11 is 6.10. The zero-order chi connectivity index (χ0) is 14.6. The van der Waals surface area contributed by atoms with E-state index in [4.69, 9.17) is 11.6 Å². The van der Waals surface area contributed by atoms with E-state index in [-0.39, 0.29) is 0 Å². The predicted molar refractivity (Wildman–Crippen MR) is 79.9 cm³/mol. The lowest BCUT2D eigenvalue weighted by molar-refractivity contribution is 0.871. The molecule has 0 spiro atoms. The lowest BCUT2D eigenvalue weighted by Gasteiger charge is -2.07. The second kappa shape index (κ2) is 4.26. The second-order valence-corrected chi connectivity index (χ2v) is 5.33. The molecule has 0 aliphatic heterocycles. The van der Waals surface area contributed by atoms with Crippen LogP contribution in [-0.4, -0.2) is 29.4 Å². The Morgan fingerprint density at radius 2 is 2.00 bits per heavy atom. The molecule has 3 heterocycles. The molecule has 0 aliphatic rings. The van der Waals surface area contributed by atoms with Crippen LogP contribution in [0.4, 0.5) is 0 Å². The minimum atomic E-state index is 0.665. The van der Waals surface area contributed by atoms with E-state index in [2.05, 4.69) is 20.2 Å². The Labute approximate surface area is 125 Å². The summed E-state index contributed by atoms with van der Waals surface area (Å²) < 4.78 is 3.44. The van der Waals surface area contributed by atoms with Crippen molar-refractivity contribution in [1.29, 1.82) is 0 Å². The summed E-state index contributed by atoms with van der Waals surface area (Å²) in [5.41, 5.74) is 3.47. The molecule has 3 aromatic heterocycles. The monoisotopic (exact) mass is 298 g/mol. The number of aromatic nitrogens is 6. The molecule has 6 nitrogen and oxygen atoms in total. The summed E-state index contributed by atoms with van der Waals surface area (Å²) in [5.74, 6) is 0.705. The summed E-state index contributed by atoms with van der Waals surface area (Å²) in [6.07, 6.45) is 3.40. The maximum atomic E-state index is 6.10. The molecule has 0 saturated heterocycles. The van der Waals surface area contributed by atoms with Gasteiger partial charge in [-0.05, 0) is 31.5 Å². The summed E-state index contributed by atoms with van der Waals surface area (Å²) in [6, 6.07) is 5.70. The van der Waals surface area contributed by atoms with Gasteiger partial charge < -0.3 is 0 Å². The summed E-state index contributed by atoms with van der Waals surface area (Å²) in [7, 11) is 0. The first kappa shape index (κ1) is 12.3. The molecule has 4 aromatic rings. The maximum absolute atomic E-state index is 6.10. The average molecular weight is 299 g/mol. The van der Waals surface area contributed by atoms with Crippen molar-refractivity contribution in [2.45, 2.75) is 13.8 Å². The third kappa shape index (κ3) is 1.80. The minimum absolute atomic E-state index is 0.665. The number of nitrogens with zero attached hydrogens (tertiary/aromatic N) is 6. The van der Waals surface area contributed by atoms with Gasteiger partial charge in [-0.15, -0.1) is 0 Å². The molecule has 21 heavy (non-hydrogen) atoms. The van der Waals surface area contributed by atoms with Gasteiger partial charge in [-0.3, -0.25) is 0 Å². The summed E-state index contributed by atoms with van der Waals surface area (Å²) in [6.45, 7) is 3.86. The number of benzene rings is 1. The third-order valence-corrected chi connectivity index (χ3v) is 3.65. The molecule has 0 amide bonds. The van der Waals surface area contributed by atoms with Gasteiger partial charge in [0.25, 0.3) is 0 Å². The Balaban J connectivity index is 2.06. The van der Waals surface area contributed by atoms with Crippen LogP contribution >= 0.6 is 11.6 Å². The molecular formula is C14H11ClN6. The molecule has 0 unspecified atom stereocenters. The van der Waals surface area contributed by atoms with Gasteiger partial charge >= 0.3 is 0 Å². The van der Waals surface area contributed by atoms with Crippen LogP contribution in [0.25, 0.3) is 22.4 Å². The fourth-order valence-corrected chi connectivity index (χ4v) is 2.58. The summed E-state index contributed by atoms with van der Waals surface area (Å²) in [4.78, 5) is 8.87. The average Bonchev–Trinajstić information content (AvgIpc) is 3.03. The molecule has 104 valence electrons. The van der Waals surface area contributed by atoms with Crippen LogP contribution in [-0.2, 0) is 0 Å². The van der Waals surface area contributed by atoms with Crippen molar-refractivity contribution in [3.8, 4) is 5.69 Å².